The van der Waals surface area contributed by atoms with Crippen LogP contribution in [0.4, 0.5) is 0 Å². The third-order valence-corrected chi connectivity index (χ3v) is 5.59. The number of nitriles is 1. The van der Waals surface area contributed by atoms with Crippen molar-refractivity contribution in [2.24, 2.45) is 0 Å². The second kappa shape index (κ2) is 7.43. The highest BCUT2D eigenvalue weighted by molar-refractivity contribution is 5.74. The first kappa shape index (κ1) is 18.6. The van der Waals surface area contributed by atoms with Crippen LogP contribution in [0.2, 0.25) is 0 Å². The van der Waals surface area contributed by atoms with E-state index in [-0.39, 0.29) is 5.56 Å². The summed E-state index contributed by atoms with van der Waals surface area (Å²) in [5.41, 5.74) is 3.43. The van der Waals surface area contributed by atoms with Gasteiger partial charge in [-0.3, -0.25) is 0 Å². The minimum absolute atomic E-state index is 0.285. The van der Waals surface area contributed by atoms with Gasteiger partial charge < -0.3 is 5.21 Å². The van der Waals surface area contributed by atoms with E-state index >= 15 is 0 Å². The lowest BCUT2D eigenvalue weighted by Crippen LogP contribution is -2.39. The van der Waals surface area contributed by atoms with Crippen molar-refractivity contribution in [2.75, 3.05) is 0 Å². The van der Waals surface area contributed by atoms with E-state index in [0.717, 1.165) is 16.7 Å². The minimum atomic E-state index is -0.841. The van der Waals surface area contributed by atoms with Crippen LogP contribution >= 0.6 is 0 Å². The number of pyridine rings is 1. The Morgan fingerprint density at radius 2 is 1.29 bits per heavy atom. The smallest absolute Gasteiger partial charge is 0.262 e. The highest BCUT2D eigenvalue weighted by Gasteiger charge is 2.41. The Morgan fingerprint density at radius 3 is 1.74 bits per heavy atom. The molecule has 0 aliphatic heterocycles. The maximum atomic E-state index is 12.6. The molecule has 5 nitrogen and oxygen atoms in total. The van der Waals surface area contributed by atoms with Gasteiger partial charge in [0.05, 0.1) is 0 Å². The summed E-state index contributed by atoms with van der Waals surface area (Å²) in [6.45, 7) is 0. The van der Waals surface area contributed by atoms with Crippen molar-refractivity contribution >= 4 is 11.0 Å². The Kier molecular flexibility index (Phi) is 4.46. The second-order valence-corrected chi connectivity index (χ2v) is 7.30. The first-order valence-corrected chi connectivity index (χ1v) is 9.93. The fourth-order valence-electron chi connectivity index (χ4n) is 4.27. The summed E-state index contributed by atoms with van der Waals surface area (Å²) >= 11 is 0. The van der Waals surface area contributed by atoms with Crippen LogP contribution in [0.15, 0.2) is 109 Å². The zero-order chi connectivity index (χ0) is 21.3. The van der Waals surface area contributed by atoms with Crippen molar-refractivity contribution in [3.63, 3.8) is 0 Å². The van der Waals surface area contributed by atoms with E-state index in [9.17, 15) is 10.5 Å². The van der Waals surface area contributed by atoms with Crippen LogP contribution < -0.4 is 4.73 Å². The number of aromatic nitrogens is 3. The van der Waals surface area contributed by atoms with Crippen molar-refractivity contribution in [3.8, 4) is 6.07 Å². The second-order valence-electron chi connectivity index (χ2n) is 7.30. The highest BCUT2D eigenvalue weighted by Crippen LogP contribution is 2.41. The molecule has 0 aliphatic rings. The van der Waals surface area contributed by atoms with Gasteiger partial charge in [-0.05, 0) is 22.8 Å². The topological polar surface area (TPSA) is 68.5 Å². The number of benzene rings is 3. The molecule has 5 aromatic rings. The largest absolute Gasteiger partial charge is 0.618 e. The fourth-order valence-corrected chi connectivity index (χ4v) is 4.27. The van der Waals surface area contributed by atoms with Crippen molar-refractivity contribution in [1.82, 2.24) is 9.78 Å². The van der Waals surface area contributed by atoms with E-state index in [0.29, 0.717) is 15.8 Å². The minimum Gasteiger partial charge on any atom is -0.618 e. The Morgan fingerprint density at radius 1 is 0.806 bits per heavy atom. The Hall–Kier alpha value is -4.43. The molecule has 0 atom stereocenters. The zero-order valence-corrected chi connectivity index (χ0v) is 16.6. The molecule has 3 aromatic carbocycles. The Labute approximate surface area is 179 Å². The molecule has 148 valence electrons. The molecule has 2 heterocycles. The number of hydrogen-bond acceptors (Lipinski definition) is 3. The van der Waals surface area contributed by atoms with E-state index in [2.05, 4.69) is 42.5 Å². The Balaban J connectivity index is 1.98. The summed E-state index contributed by atoms with van der Waals surface area (Å²) in [5.74, 6) is 0. The molecular formula is C26H18N4O. The summed E-state index contributed by atoms with van der Waals surface area (Å²) in [6, 6.07) is 34.1. The van der Waals surface area contributed by atoms with E-state index in [1.54, 1.807) is 12.3 Å². The van der Waals surface area contributed by atoms with Gasteiger partial charge in [0, 0.05) is 0 Å². The average molecular weight is 402 g/mol. The van der Waals surface area contributed by atoms with Gasteiger partial charge in [-0.1, -0.05) is 91.0 Å². The van der Waals surface area contributed by atoms with Gasteiger partial charge in [0.1, 0.15) is 28.9 Å². The first-order chi connectivity index (χ1) is 15.2. The quantitative estimate of drug-likeness (QED) is 0.254. The number of rotatable bonds is 4. The summed E-state index contributed by atoms with van der Waals surface area (Å²) < 4.78 is 2.57. The van der Waals surface area contributed by atoms with Gasteiger partial charge >= 0.3 is 0 Å². The molecule has 0 unspecified atom stereocenters. The lowest BCUT2D eigenvalue weighted by molar-refractivity contribution is -0.577. The molecule has 5 rings (SSSR count). The van der Waals surface area contributed by atoms with Crippen LogP contribution in [0.1, 0.15) is 22.3 Å². The van der Waals surface area contributed by atoms with Gasteiger partial charge in [0.2, 0.25) is 0 Å². The molecule has 0 amide bonds. The summed E-state index contributed by atoms with van der Waals surface area (Å²) in [7, 11) is 0. The van der Waals surface area contributed by atoms with Crippen molar-refractivity contribution < 1.29 is 4.73 Å². The first-order valence-electron chi connectivity index (χ1n) is 9.93. The van der Waals surface area contributed by atoms with E-state index in [4.69, 9.17) is 5.10 Å². The van der Waals surface area contributed by atoms with Gasteiger partial charge in [0.15, 0.2) is 6.20 Å². The molecule has 0 N–H and O–H groups in total. The standard InChI is InChI=1S/C26H18N4O/c27-17-20-16-24-25(29(31)19-20)18-28-30(24)26(21-10-4-1-5-11-21,22-12-6-2-7-13-22)23-14-8-3-9-15-23/h1-16,18-19H. The maximum Gasteiger partial charge on any atom is 0.262 e. The Bertz CT molecular complexity index is 1290. The van der Waals surface area contributed by atoms with E-state index in [1.807, 2.05) is 59.3 Å². The third kappa shape index (κ3) is 2.85. The van der Waals surface area contributed by atoms with Gasteiger partial charge in [-0.2, -0.15) is 15.1 Å². The van der Waals surface area contributed by atoms with Gasteiger partial charge in [0.25, 0.3) is 5.52 Å². The molecule has 0 spiro atoms. The molecule has 2 aromatic heterocycles. The molecular weight excluding hydrogens is 384 g/mol. The predicted molar refractivity (Wildman–Crippen MR) is 118 cm³/mol. The van der Waals surface area contributed by atoms with Crippen molar-refractivity contribution in [2.45, 2.75) is 5.54 Å². The lowest BCUT2D eigenvalue weighted by atomic mass is 9.77. The molecule has 0 bridgehead atoms. The van der Waals surface area contributed by atoms with Crippen LogP contribution in [-0.4, -0.2) is 9.78 Å². The SMILES string of the molecule is N#Cc1cc2c(cnn2C(c2ccccc2)(c2ccccc2)c2ccccc2)[n+]([O-])c1. The molecule has 5 heteroatoms. The fraction of sp³-hybridized carbons (Fsp3) is 0.0385. The molecule has 0 fully saturated rings. The van der Waals surface area contributed by atoms with Crippen LogP contribution in [0, 0.1) is 16.5 Å². The maximum absolute atomic E-state index is 12.6. The van der Waals surface area contributed by atoms with E-state index < -0.39 is 5.54 Å². The number of nitrogens with zero attached hydrogens (tertiary/aromatic N) is 4. The third-order valence-electron chi connectivity index (χ3n) is 5.59. The summed E-state index contributed by atoms with van der Waals surface area (Å²) in [4.78, 5) is 0. The normalized spacial score (nSPS) is 11.3. The zero-order valence-electron chi connectivity index (χ0n) is 16.6. The van der Waals surface area contributed by atoms with Crippen LogP contribution in [0.25, 0.3) is 11.0 Å². The lowest BCUT2D eigenvalue weighted by Gasteiger charge is -2.36. The highest BCUT2D eigenvalue weighted by atomic mass is 16.5. The average Bonchev–Trinajstić information content (AvgIpc) is 3.27. The number of hydrogen-bond donors (Lipinski definition) is 0. The molecule has 0 aliphatic carbocycles. The van der Waals surface area contributed by atoms with E-state index in [1.165, 1.54) is 6.20 Å². The van der Waals surface area contributed by atoms with Crippen LogP contribution in [0.5, 0.6) is 0 Å². The predicted octanol–water partition coefficient (Wildman–Crippen LogP) is 4.38. The molecule has 0 saturated heterocycles. The van der Waals surface area contributed by atoms with Gasteiger partial charge in [-0.25, -0.2) is 4.68 Å². The summed E-state index contributed by atoms with van der Waals surface area (Å²) in [6.07, 6.45) is 2.84. The van der Waals surface area contributed by atoms with Crippen molar-refractivity contribution in [1.29, 1.82) is 5.26 Å². The molecule has 0 saturated carbocycles. The van der Waals surface area contributed by atoms with Crippen molar-refractivity contribution in [3.05, 3.63) is 137 Å². The number of fused-ring (bicyclic) bond motifs is 1. The van der Waals surface area contributed by atoms with Crippen LogP contribution in [-0.2, 0) is 5.54 Å². The van der Waals surface area contributed by atoms with Crippen LogP contribution in [0.3, 0.4) is 0 Å². The molecule has 0 radical (unpaired) electrons. The molecule has 31 heavy (non-hydrogen) atoms. The van der Waals surface area contributed by atoms with Gasteiger partial charge in [-0.15, -0.1) is 0 Å². The summed E-state index contributed by atoms with van der Waals surface area (Å²) in [5, 5.41) is 26.8. The monoisotopic (exact) mass is 402 g/mol.